The number of rotatable bonds is 10. The average molecular weight is 1910 g/mol. The first-order chi connectivity index (χ1) is 62.2. The fourth-order valence-corrected chi connectivity index (χ4v) is 24.9. The van der Waals surface area contributed by atoms with Crippen molar-refractivity contribution in [2.45, 2.75) is 241 Å². The summed E-state index contributed by atoms with van der Waals surface area (Å²) in [5, 5.41) is 40.6. The van der Waals surface area contributed by atoms with Crippen molar-refractivity contribution in [1.29, 1.82) is 10.5 Å². The molecule has 0 amide bonds. The number of esters is 4. The van der Waals surface area contributed by atoms with Gasteiger partial charge in [0.1, 0.15) is 48.0 Å². The molecular formula is C96H113BrN8O24S2. The van der Waals surface area contributed by atoms with Gasteiger partial charge in [-0.25, -0.2) is 19.2 Å². The van der Waals surface area contributed by atoms with Crippen LogP contribution in [0.2, 0.25) is 0 Å². The largest absolute Gasteiger partial charge is 0.514 e. The Balaban J connectivity index is 0.000000184. The molecule has 4 fully saturated rings. The molecule has 8 bridgehead atoms. The summed E-state index contributed by atoms with van der Waals surface area (Å²) in [6.07, 6.45) is 0.0333. The zero-order chi connectivity index (χ0) is 94.2. The molecule has 6 aromatic carbocycles. The summed E-state index contributed by atoms with van der Waals surface area (Å²) in [5.74, 6) is 2.90. The number of phenolic OH excluding ortho intramolecular Hbond substituents is 1. The normalized spacial score (nSPS) is 26.3. The molecule has 700 valence electrons. The minimum atomic E-state index is -1.45. The van der Waals surface area contributed by atoms with Crippen LogP contribution in [0, 0.1) is 50.4 Å². The van der Waals surface area contributed by atoms with Gasteiger partial charge in [-0.15, -0.1) is 23.5 Å². The van der Waals surface area contributed by atoms with Crippen molar-refractivity contribution in [3.05, 3.63) is 125 Å². The standard InChI is InChI=1S/C48H56N4O12S.C45H50N4O12S.C3H7Br/c1-22(2)61-43-34-27(14-23(3)39(43)57-11)15-29-30(18-49)52-31-19-58-45(54)48(28-17-32(56-10)33(16-26(28)12-13-50-48)63-46(55)64-47(6,7)8)20-65-44(38(52)37(34)51(29)9)36-35(31)42-41(59-21-60-42)24(4)40(36)62-25(5)53;1-20-12-24-13-26-27(16-46)49-28-17-56-42(52)45(25-15-29(54-8)30(14-23(25)10-11-47-45)60-43(53)61-44(4,5)6)18-62-41(35(49)34(48(26)7)31(24)36(51)37(20)55-9)33-32(28)40-39(57-19-58-40)21(2)38(33)59-22(3)50;1-3(2)4/h14,16-17,22,29-31,37-38,44,50H,12-13,15,19-21H2,1-11H3;12,14-15,26-28,34-35,41,47,51H,10-11,13,17-19H2,1-9H3;3H,1-2H3/t29-,30-,31-,37+,38?,44+,48+;26-,27-,28-,34+,35?,41+,45+;/m00./s1. The van der Waals surface area contributed by atoms with E-state index in [1.165, 1.54) is 58.7 Å². The number of aromatic hydroxyl groups is 1. The van der Waals surface area contributed by atoms with Gasteiger partial charge in [-0.05, 0) is 192 Å². The number of nitrogens with zero attached hydrogens (tertiary/aromatic N) is 6. The van der Waals surface area contributed by atoms with E-state index in [1.807, 2.05) is 54.7 Å². The Morgan fingerprint density at radius 2 is 0.924 bits per heavy atom. The fourth-order valence-electron chi connectivity index (χ4n) is 21.6. The summed E-state index contributed by atoms with van der Waals surface area (Å²) < 4.78 is 103. The van der Waals surface area contributed by atoms with Crippen molar-refractivity contribution in [2.24, 2.45) is 0 Å². The summed E-state index contributed by atoms with van der Waals surface area (Å²) in [6, 6.07) is 10.8. The molecule has 0 radical (unpaired) electrons. The maximum absolute atomic E-state index is 15.2. The predicted octanol–water partition coefficient (Wildman–Crippen LogP) is 14.1. The van der Waals surface area contributed by atoms with Crippen LogP contribution in [-0.2, 0) is 74.9 Å². The molecule has 0 saturated carbocycles. The summed E-state index contributed by atoms with van der Waals surface area (Å²) in [7, 11) is 10.1. The van der Waals surface area contributed by atoms with E-state index in [2.05, 4.69) is 85.3 Å². The van der Waals surface area contributed by atoms with E-state index in [0.717, 1.165) is 38.9 Å². The van der Waals surface area contributed by atoms with Gasteiger partial charge < -0.3 is 85.6 Å². The number of nitriles is 2. The SMILES string of the molecule is CC(C)Br.COc1cc2c(cc1OC(=O)OC(C)(C)C)CCN[C@]21CS[C@@H]2c3c(OC(C)=O)c(C)c4c(c3[C@H](COC1=O)N1C2[C@H]2c3c(cc(C)c(OC)c3O)C[C@@H]([C@@H]1C#N)N2C)OCO4.COc1cc2c(cc1OC(=O)OC(C)(C)C)CCN[C@]21CS[C@@H]2c3c(OC(C)=O)c(C)c4c(c3[C@H](COC1=O)N1C2[C@H]2c3c(cc(C)c(OC)c3OC(C)C)C[C@@H]([C@@H]1C#N)N2C)OCO4. The van der Waals surface area contributed by atoms with Crippen LogP contribution in [0.1, 0.15) is 207 Å². The van der Waals surface area contributed by atoms with E-state index in [1.54, 1.807) is 72.9 Å². The molecule has 2 unspecified atom stereocenters. The summed E-state index contributed by atoms with van der Waals surface area (Å²) in [5.41, 5.74) is 7.35. The molecule has 131 heavy (non-hydrogen) atoms. The number of thioether (sulfide) groups is 2. The first-order valence-corrected chi connectivity index (χ1v) is 47.0. The van der Waals surface area contributed by atoms with Gasteiger partial charge in [0.2, 0.25) is 13.6 Å². The highest BCUT2D eigenvalue weighted by molar-refractivity contribution is 9.09. The van der Waals surface area contributed by atoms with Gasteiger partial charge in [0.05, 0.1) is 81.3 Å². The van der Waals surface area contributed by atoms with E-state index < -0.39 is 117 Å². The number of methoxy groups -OCH3 is 4. The second kappa shape index (κ2) is 35.9. The highest BCUT2D eigenvalue weighted by Gasteiger charge is 2.65. The van der Waals surface area contributed by atoms with E-state index in [4.69, 9.17) is 80.5 Å². The number of piperazine rings is 2. The average Bonchev–Trinajstić information content (AvgIpc) is 1.54. The Bertz CT molecular complexity index is 5740. The number of ether oxygens (including phenoxy) is 17. The lowest BCUT2D eigenvalue weighted by molar-refractivity contribution is -0.158. The molecule has 0 aromatic heterocycles. The van der Waals surface area contributed by atoms with Gasteiger partial charge in [-0.1, -0.05) is 41.9 Å². The Kier molecular flexibility index (Phi) is 25.7. The lowest BCUT2D eigenvalue weighted by Crippen LogP contribution is -2.69. The number of halogens is 1. The summed E-state index contributed by atoms with van der Waals surface area (Å²) in [6.45, 7) is 29.1. The van der Waals surface area contributed by atoms with Crippen LogP contribution in [0.4, 0.5) is 9.59 Å². The number of fused-ring (bicyclic) bond motifs is 18. The van der Waals surface area contributed by atoms with Gasteiger partial charge in [0.15, 0.2) is 80.1 Å². The van der Waals surface area contributed by atoms with Crippen molar-refractivity contribution < 1.29 is 114 Å². The van der Waals surface area contributed by atoms with Crippen molar-refractivity contribution in [3.63, 3.8) is 0 Å². The molecule has 14 aliphatic rings. The minimum Gasteiger partial charge on any atom is -0.504 e. The zero-order valence-corrected chi connectivity index (χ0v) is 81.0. The Morgan fingerprint density at radius 1 is 0.527 bits per heavy atom. The molecular weight excluding hydrogens is 1790 g/mol. The van der Waals surface area contributed by atoms with Crippen LogP contribution in [0.3, 0.4) is 0 Å². The third kappa shape index (κ3) is 16.2. The first kappa shape index (κ1) is 93.9. The minimum absolute atomic E-state index is 0.0238. The highest BCUT2D eigenvalue weighted by atomic mass is 79.9. The van der Waals surface area contributed by atoms with E-state index in [-0.39, 0.29) is 85.2 Å². The van der Waals surface area contributed by atoms with Gasteiger partial charge in [0, 0.05) is 112 Å². The van der Waals surface area contributed by atoms with Crippen LogP contribution < -0.4 is 72.2 Å². The number of nitrogens with one attached hydrogen (secondary N) is 2. The lowest BCUT2D eigenvalue weighted by atomic mass is 9.71. The number of carbonyl (C=O) groups is 6. The molecule has 14 heterocycles. The smallest absolute Gasteiger partial charge is 0.504 e. The Hall–Kier alpha value is -10.3. The third-order valence-electron chi connectivity index (χ3n) is 26.3. The number of likely N-dealkylation sites (N-methyl/N-ethyl adjacent to an activating group) is 2. The number of hydrogen-bond donors (Lipinski definition) is 3. The van der Waals surface area contributed by atoms with Crippen molar-refractivity contribution in [2.75, 3.05) is 93.9 Å². The number of hydrogen-bond acceptors (Lipinski definition) is 34. The second-order valence-corrected chi connectivity index (χ2v) is 41.5. The predicted molar refractivity (Wildman–Crippen MR) is 485 cm³/mol. The van der Waals surface area contributed by atoms with Crippen molar-refractivity contribution in [3.8, 4) is 92.6 Å². The van der Waals surface area contributed by atoms with E-state index in [9.17, 15) is 34.8 Å². The fraction of sp³-hybridized carbons (Fsp3) is 0.542. The van der Waals surface area contributed by atoms with Crippen LogP contribution in [0.25, 0.3) is 0 Å². The molecule has 14 atom stereocenters. The van der Waals surface area contributed by atoms with Gasteiger partial charge in [-0.2, -0.15) is 10.5 Å². The van der Waals surface area contributed by atoms with Crippen LogP contribution >= 0.6 is 39.5 Å². The number of aryl methyl sites for hydroxylation is 2. The van der Waals surface area contributed by atoms with Crippen molar-refractivity contribution in [1.82, 2.24) is 30.2 Å². The quantitative estimate of drug-likeness (QED) is 0.0377. The zero-order valence-electron chi connectivity index (χ0n) is 77.7. The van der Waals surface area contributed by atoms with Gasteiger partial charge in [0.25, 0.3) is 0 Å². The molecule has 14 aliphatic heterocycles. The summed E-state index contributed by atoms with van der Waals surface area (Å²) >= 11 is 6.23. The Morgan fingerprint density at radius 3 is 1.31 bits per heavy atom. The van der Waals surface area contributed by atoms with Gasteiger partial charge >= 0.3 is 36.2 Å². The molecule has 0 aliphatic carbocycles. The van der Waals surface area contributed by atoms with E-state index in [0.29, 0.717) is 145 Å². The second-order valence-electron chi connectivity index (χ2n) is 37.4. The number of benzene rings is 6. The van der Waals surface area contributed by atoms with Crippen LogP contribution in [-0.4, -0.2) is 213 Å². The maximum atomic E-state index is 15.2. The molecule has 2 spiro atoms. The van der Waals surface area contributed by atoms with Crippen LogP contribution in [0.15, 0.2) is 36.4 Å². The maximum Gasteiger partial charge on any atom is 0.514 e. The number of phenols is 1. The summed E-state index contributed by atoms with van der Waals surface area (Å²) in [4.78, 5) is 91.7. The molecule has 32 nitrogen and oxygen atoms in total. The lowest BCUT2D eigenvalue weighted by Gasteiger charge is -2.62. The monoisotopic (exact) mass is 1900 g/mol. The highest BCUT2D eigenvalue weighted by Crippen LogP contribution is 2.68. The topological polar surface area (TPSA) is 364 Å². The number of alkyl halides is 1. The molecule has 3 N–H and O–H groups in total. The van der Waals surface area contributed by atoms with Gasteiger partial charge in [-0.3, -0.25) is 39.8 Å². The molecule has 35 heteroatoms. The molecule has 20 rings (SSSR count). The van der Waals surface area contributed by atoms with Crippen LogP contribution in [0.5, 0.6) is 80.5 Å². The molecule has 4 saturated heterocycles. The first-order valence-electron chi connectivity index (χ1n) is 44.0. The van der Waals surface area contributed by atoms with E-state index >= 15 is 9.59 Å². The van der Waals surface area contributed by atoms with Crippen molar-refractivity contribution >= 4 is 75.6 Å². The number of carbonyl (C=O) groups excluding carboxylic acids is 6. The molecule has 6 aromatic rings. The Labute approximate surface area is 778 Å². The third-order valence-corrected chi connectivity index (χ3v) is 29.3.